The first-order valence-electron chi connectivity index (χ1n) is 32.7. The van der Waals surface area contributed by atoms with Crippen LogP contribution >= 0.6 is 46.3 Å². The van der Waals surface area contributed by atoms with Gasteiger partial charge in [-0.05, 0) is 160 Å². The average molecular weight is 1530 g/mol. The van der Waals surface area contributed by atoms with E-state index >= 15 is 0 Å². The number of pyridine rings is 2. The summed E-state index contributed by atoms with van der Waals surface area (Å²) < 4.78 is 5.83. The Morgan fingerprint density at radius 3 is 1.28 bits per heavy atom. The van der Waals surface area contributed by atoms with E-state index in [2.05, 4.69) is 120 Å². The van der Waals surface area contributed by atoms with Crippen molar-refractivity contribution in [3.8, 4) is 22.7 Å². The Hall–Kier alpha value is -10.4. The van der Waals surface area contributed by atoms with Gasteiger partial charge in [0.15, 0.2) is 5.13 Å². The van der Waals surface area contributed by atoms with Gasteiger partial charge in [-0.2, -0.15) is 60.0 Å². The number of hydrogen-bond donors (Lipinski definition) is 8. The maximum absolute atomic E-state index is 13.0. The topological polar surface area (TPSA) is 369 Å². The molecule has 0 bridgehead atoms. The molecule has 0 unspecified atom stereocenters. The summed E-state index contributed by atoms with van der Waals surface area (Å²) in [5, 5.41) is 55.4. The van der Waals surface area contributed by atoms with Gasteiger partial charge in [0.05, 0.1) is 132 Å². The number of amides is 6. The molecule has 33 heteroatoms. The standard InChI is InChI=1S/C20H20IN7O2.C20H19N7OS.C14H15N5OS.C14H17N5O.ClH/c21-14-12-22-9-8-15(14)26-20(30)27-17-6-3-5-16(17)25-19(29)13-4-1-2-7-18(13)28-23-10-11-24-28;28-19(13-4-1-2-7-17(13)27-22-10-11-23-27)24-14-5-3-6-15(14)25-20-26-16-8-9-21-12-18(16)29-20;20-14(17-11-5-3-6-12(11)18-21)10-4-1-2-7-13(10)19-15-8-9-16-19;15-11-5-3-6-12(11)18-14(20)10-4-1-2-7-13(10)19-16-8-9-17-19;/h1-2,4,7-12,16-17H,3,5-6H2,(H,25,29)(H2,22,26,27,30);1-2,4,7-12,14-15H,3,5-6H2,(H,24,28)(H,25,26);1-2,4,7-9,11-12H,3,5-6H2,(H,17,20);1-2,4,7-9,11-12H,3,5-6,15H2,(H,18,20);1H/t16-,17-;14-,15-;2*11-,12-;/m0000./s1. The van der Waals surface area contributed by atoms with E-state index in [0.717, 1.165) is 96.0 Å². The number of halogens is 2. The maximum atomic E-state index is 13.0. The lowest BCUT2D eigenvalue weighted by Gasteiger charge is -2.23. The van der Waals surface area contributed by atoms with Crippen molar-refractivity contribution in [3.05, 3.63) is 209 Å². The SMILES string of the molecule is Cl.N[C@H]1CCC[C@@H]1NC(=O)c1ccccc1-n1nccn1.O=C(N[C@H]1CCC[C@@H]1N=S)c1ccccc1-n1nccn1.O=C(N[C@H]1CCC[C@@H]1Nc1nc2ccncc2s1)c1ccccc1-n1nccn1.O=C(Nc1ccncc1I)N[C@H]1CCC[C@@H]1NC(=O)c1ccccc1-n1nccn1. The van der Waals surface area contributed by atoms with E-state index in [9.17, 15) is 24.0 Å². The quantitative estimate of drug-likeness (QED) is 0.0395. The van der Waals surface area contributed by atoms with E-state index in [1.54, 1.807) is 122 Å². The Kier molecular flexibility index (Phi) is 24.9. The number of nitrogens with one attached hydrogen (secondary N) is 7. The summed E-state index contributed by atoms with van der Waals surface area (Å²) in [6, 6.07) is 32.5. The Balaban J connectivity index is 0.000000137. The number of anilines is 2. The predicted octanol–water partition coefficient (Wildman–Crippen LogP) is 8.72. The van der Waals surface area contributed by atoms with Gasteiger partial charge in [0.1, 0.15) is 0 Å². The van der Waals surface area contributed by atoms with E-state index in [1.165, 1.54) is 19.2 Å². The number of fused-ring (bicyclic) bond motifs is 1. The lowest BCUT2D eigenvalue weighted by molar-refractivity contribution is 0.0924. The van der Waals surface area contributed by atoms with Crippen LogP contribution in [0.1, 0.15) is 118 Å². The second kappa shape index (κ2) is 35.1. The molecule has 0 radical (unpaired) electrons. The molecule has 0 saturated heterocycles. The molecule has 4 fully saturated rings. The summed E-state index contributed by atoms with van der Waals surface area (Å²) in [7, 11) is 0. The van der Waals surface area contributed by atoms with Crippen LogP contribution in [0.4, 0.5) is 15.6 Å². The van der Waals surface area contributed by atoms with Crippen LogP contribution in [0.5, 0.6) is 0 Å². The molecule has 4 aromatic carbocycles. The van der Waals surface area contributed by atoms with Crippen molar-refractivity contribution in [3.63, 3.8) is 0 Å². The zero-order chi connectivity index (χ0) is 69.2. The van der Waals surface area contributed by atoms with Crippen molar-refractivity contribution < 1.29 is 24.0 Å². The molecule has 6 amide bonds. The summed E-state index contributed by atoms with van der Waals surface area (Å²) >= 11 is 8.50. The summed E-state index contributed by atoms with van der Waals surface area (Å²) in [6.07, 6.45) is 30.9. The van der Waals surface area contributed by atoms with Gasteiger partial charge in [0.2, 0.25) is 0 Å². The fourth-order valence-corrected chi connectivity index (χ4v) is 14.1. The lowest BCUT2D eigenvalue weighted by atomic mass is 10.1. The monoisotopic (exact) mass is 1530 g/mol. The Morgan fingerprint density at radius 2 is 0.832 bits per heavy atom. The molecule has 7 aromatic heterocycles. The number of urea groups is 1. The second-order valence-electron chi connectivity index (χ2n) is 23.9. The van der Waals surface area contributed by atoms with E-state index in [0.29, 0.717) is 50.7 Å². The highest BCUT2D eigenvalue weighted by molar-refractivity contribution is 14.1. The summed E-state index contributed by atoms with van der Waals surface area (Å²) in [4.78, 5) is 82.0. The van der Waals surface area contributed by atoms with E-state index in [-0.39, 0.29) is 90.4 Å². The third kappa shape index (κ3) is 18.3. The van der Waals surface area contributed by atoms with Crippen LogP contribution in [0.2, 0.25) is 0 Å². The summed E-state index contributed by atoms with van der Waals surface area (Å²) in [6.45, 7) is 0. The number of carbonyl (C=O) groups is 5. The third-order valence-corrected chi connectivity index (χ3v) is 19.5. The van der Waals surface area contributed by atoms with E-state index in [1.807, 2.05) is 72.9 Å². The Bertz CT molecular complexity index is 4520. The predicted molar refractivity (Wildman–Crippen MR) is 392 cm³/mol. The van der Waals surface area contributed by atoms with Crippen LogP contribution in [0.15, 0.2) is 188 Å². The molecule has 9 N–H and O–H groups in total. The Labute approximate surface area is 609 Å². The molecule has 101 heavy (non-hydrogen) atoms. The Morgan fingerprint density at radius 1 is 0.455 bits per heavy atom. The molecule has 520 valence electrons. The smallest absolute Gasteiger partial charge is 0.319 e. The zero-order valence-electron chi connectivity index (χ0n) is 54.3. The van der Waals surface area contributed by atoms with Gasteiger partial charge >= 0.3 is 6.03 Å². The van der Waals surface area contributed by atoms with Gasteiger partial charge in [-0.15, -0.1) is 12.4 Å². The van der Waals surface area contributed by atoms with Gasteiger partial charge in [-0.3, -0.25) is 29.1 Å². The molecule has 8 atom stereocenters. The number of nitrogens with zero attached hydrogens (tertiary/aromatic N) is 16. The zero-order valence-corrected chi connectivity index (χ0v) is 58.9. The lowest BCUT2D eigenvalue weighted by Crippen LogP contribution is -2.49. The summed E-state index contributed by atoms with van der Waals surface area (Å²) in [5.74, 6) is -0.602. The molecular weight excluding hydrogens is 1460 g/mol. The minimum absolute atomic E-state index is 0. The highest BCUT2D eigenvalue weighted by Crippen LogP contribution is 2.31. The summed E-state index contributed by atoms with van der Waals surface area (Å²) in [5.41, 5.74) is 12.4. The van der Waals surface area contributed by atoms with Crippen LogP contribution in [-0.2, 0) is 12.4 Å². The van der Waals surface area contributed by atoms with E-state index < -0.39 is 0 Å². The van der Waals surface area contributed by atoms with Crippen molar-refractivity contribution in [1.82, 2.24) is 102 Å². The van der Waals surface area contributed by atoms with Crippen molar-refractivity contribution in [1.29, 1.82) is 0 Å². The highest BCUT2D eigenvalue weighted by atomic mass is 127. The van der Waals surface area contributed by atoms with Gasteiger partial charge in [-0.25, -0.2) is 14.1 Å². The minimum atomic E-state index is -0.300. The number of carbonyl (C=O) groups excluding carboxylic acids is 5. The van der Waals surface area contributed by atoms with Gasteiger partial charge in [-0.1, -0.05) is 59.9 Å². The first kappa shape index (κ1) is 71.9. The molecule has 11 aromatic rings. The van der Waals surface area contributed by atoms with Crippen LogP contribution in [0.3, 0.4) is 0 Å². The number of rotatable bonds is 17. The van der Waals surface area contributed by atoms with E-state index in [4.69, 9.17) is 18.2 Å². The maximum Gasteiger partial charge on any atom is 0.319 e. The fraction of sp³-hybridized carbons (Fsp3) is 0.294. The first-order valence-corrected chi connectivity index (χ1v) is 35.0. The molecule has 4 aliphatic carbocycles. The first-order chi connectivity index (χ1) is 48.9. The molecule has 0 spiro atoms. The van der Waals surface area contributed by atoms with Crippen molar-refractivity contribution in [2.45, 2.75) is 125 Å². The molecule has 0 aliphatic heterocycles. The van der Waals surface area contributed by atoms with Crippen molar-refractivity contribution in [2.75, 3.05) is 10.6 Å². The highest BCUT2D eigenvalue weighted by Gasteiger charge is 2.34. The van der Waals surface area contributed by atoms with Gasteiger partial charge in [0, 0.05) is 67.4 Å². The molecule has 29 nitrogen and oxygen atoms in total. The number of benzene rings is 4. The number of aromatic nitrogens is 15. The number of hydrogen-bond acceptors (Lipinski definition) is 21. The minimum Gasteiger partial charge on any atom is -0.357 e. The van der Waals surface area contributed by atoms with Crippen molar-refractivity contribution in [2.24, 2.45) is 10.1 Å². The van der Waals surface area contributed by atoms with Crippen LogP contribution in [0, 0.1) is 3.57 Å². The average Bonchev–Trinajstić information content (AvgIpc) is 1.80. The van der Waals surface area contributed by atoms with Crippen LogP contribution in [-0.4, -0.2) is 153 Å². The second-order valence-corrected chi connectivity index (χ2v) is 26.3. The third-order valence-electron chi connectivity index (χ3n) is 17.5. The molecule has 4 aliphatic rings. The van der Waals surface area contributed by atoms with Crippen LogP contribution < -0.4 is 43.0 Å². The molecule has 7 heterocycles. The number of thiazole rings is 1. The molecule has 15 rings (SSSR count). The number of para-hydroxylation sites is 4. The number of nitrogens with two attached hydrogens (primary N) is 1. The van der Waals surface area contributed by atoms with Crippen LogP contribution in [0.25, 0.3) is 33.0 Å². The molecule has 4 saturated carbocycles. The van der Waals surface area contributed by atoms with Crippen molar-refractivity contribution >= 4 is 109 Å². The van der Waals surface area contributed by atoms with Gasteiger partial charge in [0.25, 0.3) is 23.6 Å². The largest absolute Gasteiger partial charge is 0.357 e. The molecular formula is C68H72ClIN24O5S2. The fourth-order valence-electron chi connectivity index (χ4n) is 12.5. The normalized spacial score (nSPS) is 19.5. The van der Waals surface area contributed by atoms with Gasteiger partial charge < -0.3 is 43.0 Å².